The van der Waals surface area contributed by atoms with E-state index in [1.165, 1.54) is 7.11 Å². The first-order chi connectivity index (χ1) is 7.02. The van der Waals surface area contributed by atoms with Gasteiger partial charge in [-0.05, 0) is 0 Å². The smallest absolute Gasteiger partial charge is 0.186 e. The fraction of sp³-hybridized carbons (Fsp3) is 1.00. The second-order valence-corrected chi connectivity index (χ2v) is 3.42. The average Bonchev–Trinajstić information content (AvgIpc) is 2.33. The third-order valence-electron chi connectivity index (χ3n) is 2.43. The van der Waals surface area contributed by atoms with Crippen LogP contribution in [0.1, 0.15) is 0 Å². The minimum atomic E-state index is -1.60. The lowest BCUT2D eigenvalue weighted by atomic mass is 10.0. The Balaban J connectivity index is 2.85. The van der Waals surface area contributed by atoms with Crippen molar-refractivity contribution in [3.05, 3.63) is 0 Å². The number of rotatable bonds is 2. The Morgan fingerprint density at radius 2 is 1.53 bits per heavy atom. The van der Waals surface area contributed by atoms with Crippen LogP contribution in [0.4, 0.5) is 0 Å². The lowest BCUT2D eigenvalue weighted by Crippen LogP contribution is -2.47. The molecule has 5 N–H and O–H groups in total. The number of ether oxygens (including phenoxy) is 2. The lowest BCUT2D eigenvalue weighted by molar-refractivity contribution is -0.221. The van der Waals surface area contributed by atoms with Gasteiger partial charge in [-0.3, -0.25) is 0 Å². The standard InChI is InChI=1S/C8H16O7/c1-14-8-7(13)6(12)5(11)4(10)3(2-9)15-8/h3-13H,2H2,1H3/t3-,4+,5+,6+,7-,8+/m1/s1. The lowest BCUT2D eigenvalue weighted by Gasteiger charge is -2.23. The van der Waals surface area contributed by atoms with Crippen molar-refractivity contribution in [2.24, 2.45) is 0 Å². The van der Waals surface area contributed by atoms with E-state index >= 15 is 0 Å². The topological polar surface area (TPSA) is 120 Å². The quantitative estimate of drug-likeness (QED) is 0.335. The van der Waals surface area contributed by atoms with E-state index in [9.17, 15) is 20.4 Å². The van der Waals surface area contributed by atoms with Gasteiger partial charge in [-0.25, -0.2) is 0 Å². The molecule has 90 valence electrons. The summed E-state index contributed by atoms with van der Waals surface area (Å²) in [5.74, 6) is 0. The van der Waals surface area contributed by atoms with Crippen LogP contribution in [0.15, 0.2) is 0 Å². The maximum atomic E-state index is 9.47. The van der Waals surface area contributed by atoms with Crippen LogP contribution in [0.5, 0.6) is 0 Å². The van der Waals surface area contributed by atoms with Crippen LogP contribution in [0.3, 0.4) is 0 Å². The number of hydrogen-bond acceptors (Lipinski definition) is 7. The van der Waals surface area contributed by atoms with Crippen molar-refractivity contribution in [1.29, 1.82) is 0 Å². The summed E-state index contributed by atoms with van der Waals surface area (Å²) < 4.78 is 9.70. The predicted molar refractivity (Wildman–Crippen MR) is 46.8 cm³/mol. The van der Waals surface area contributed by atoms with Gasteiger partial charge in [-0.15, -0.1) is 0 Å². The highest BCUT2D eigenvalue weighted by atomic mass is 16.7. The first-order valence-corrected chi connectivity index (χ1v) is 4.54. The molecule has 0 unspecified atom stereocenters. The van der Waals surface area contributed by atoms with E-state index in [0.717, 1.165) is 0 Å². The van der Waals surface area contributed by atoms with Crippen LogP contribution in [0.2, 0.25) is 0 Å². The highest BCUT2D eigenvalue weighted by molar-refractivity contribution is 4.90. The van der Waals surface area contributed by atoms with E-state index in [1.807, 2.05) is 0 Å². The van der Waals surface area contributed by atoms with E-state index in [2.05, 4.69) is 0 Å². The van der Waals surface area contributed by atoms with Gasteiger partial charge in [-0.1, -0.05) is 0 Å². The van der Waals surface area contributed by atoms with Crippen molar-refractivity contribution in [3.63, 3.8) is 0 Å². The molecule has 0 aromatic rings. The van der Waals surface area contributed by atoms with Gasteiger partial charge in [-0.2, -0.15) is 0 Å². The molecule has 1 aliphatic heterocycles. The largest absolute Gasteiger partial charge is 0.394 e. The Morgan fingerprint density at radius 3 is 2.00 bits per heavy atom. The molecule has 0 spiro atoms. The first-order valence-electron chi connectivity index (χ1n) is 4.54. The zero-order valence-corrected chi connectivity index (χ0v) is 8.22. The van der Waals surface area contributed by atoms with Gasteiger partial charge in [0, 0.05) is 7.11 Å². The second kappa shape index (κ2) is 5.17. The molecule has 1 fully saturated rings. The van der Waals surface area contributed by atoms with Gasteiger partial charge in [0.25, 0.3) is 0 Å². The van der Waals surface area contributed by atoms with Crippen LogP contribution in [0.25, 0.3) is 0 Å². The van der Waals surface area contributed by atoms with Gasteiger partial charge >= 0.3 is 0 Å². The minimum Gasteiger partial charge on any atom is -0.394 e. The highest BCUT2D eigenvalue weighted by Gasteiger charge is 2.44. The van der Waals surface area contributed by atoms with Crippen molar-refractivity contribution < 1.29 is 35.0 Å². The summed E-state index contributed by atoms with van der Waals surface area (Å²) in [6, 6.07) is 0. The average molecular weight is 224 g/mol. The highest BCUT2D eigenvalue weighted by Crippen LogP contribution is 2.21. The van der Waals surface area contributed by atoms with E-state index in [-0.39, 0.29) is 0 Å². The molecule has 1 saturated heterocycles. The van der Waals surface area contributed by atoms with Crippen LogP contribution in [-0.4, -0.2) is 76.1 Å². The predicted octanol–water partition coefficient (Wildman–Crippen LogP) is -3.21. The van der Waals surface area contributed by atoms with E-state index in [1.54, 1.807) is 0 Å². The number of aliphatic hydroxyl groups is 5. The SMILES string of the molecule is CO[C@H]1O[C@H](CO)[C@H](O)[C@H](O)[C@H](O)[C@H]1O. The van der Waals surface area contributed by atoms with Gasteiger partial charge in [0.2, 0.25) is 0 Å². The summed E-state index contributed by atoms with van der Waals surface area (Å²) >= 11 is 0. The van der Waals surface area contributed by atoms with Crippen LogP contribution < -0.4 is 0 Å². The molecular formula is C8H16O7. The zero-order chi connectivity index (χ0) is 11.6. The monoisotopic (exact) mass is 224 g/mol. The molecule has 1 rings (SSSR count). The van der Waals surface area contributed by atoms with E-state index in [0.29, 0.717) is 0 Å². The van der Waals surface area contributed by atoms with Crippen molar-refractivity contribution in [2.45, 2.75) is 36.8 Å². The Hall–Kier alpha value is -0.280. The summed E-state index contributed by atoms with van der Waals surface area (Å²) in [6.45, 7) is -0.558. The third-order valence-corrected chi connectivity index (χ3v) is 2.43. The summed E-state index contributed by atoms with van der Waals surface area (Å²) in [4.78, 5) is 0. The molecule has 1 aliphatic rings. The molecule has 0 aromatic heterocycles. The first kappa shape index (κ1) is 12.8. The minimum absolute atomic E-state index is 0.558. The normalized spacial score (nSPS) is 47.6. The maximum Gasteiger partial charge on any atom is 0.186 e. The van der Waals surface area contributed by atoms with Crippen LogP contribution in [0, 0.1) is 0 Å². The molecule has 6 atom stereocenters. The summed E-state index contributed by atoms with van der Waals surface area (Å²) in [7, 11) is 1.24. The summed E-state index contributed by atoms with van der Waals surface area (Å²) in [5.41, 5.74) is 0. The molecule has 0 aliphatic carbocycles. The molecule has 0 radical (unpaired) electrons. The number of methoxy groups -OCH3 is 1. The molecule has 0 saturated carbocycles. The van der Waals surface area contributed by atoms with Crippen molar-refractivity contribution in [3.8, 4) is 0 Å². The van der Waals surface area contributed by atoms with Gasteiger partial charge in [0.15, 0.2) is 6.29 Å². The number of aliphatic hydroxyl groups excluding tert-OH is 5. The molecule has 0 amide bonds. The Kier molecular flexibility index (Phi) is 4.41. The molecule has 0 aromatic carbocycles. The van der Waals surface area contributed by atoms with Crippen molar-refractivity contribution >= 4 is 0 Å². The zero-order valence-electron chi connectivity index (χ0n) is 8.22. The fourth-order valence-corrected chi connectivity index (χ4v) is 1.46. The van der Waals surface area contributed by atoms with Crippen LogP contribution >= 0.6 is 0 Å². The Morgan fingerprint density at radius 1 is 1.00 bits per heavy atom. The van der Waals surface area contributed by atoms with Gasteiger partial charge in [0.05, 0.1) is 6.61 Å². The van der Waals surface area contributed by atoms with Gasteiger partial charge < -0.3 is 35.0 Å². The maximum absolute atomic E-state index is 9.47. The molecule has 1 heterocycles. The second-order valence-electron chi connectivity index (χ2n) is 3.42. The van der Waals surface area contributed by atoms with Crippen molar-refractivity contribution in [2.75, 3.05) is 13.7 Å². The molecule has 15 heavy (non-hydrogen) atoms. The van der Waals surface area contributed by atoms with Crippen LogP contribution in [-0.2, 0) is 9.47 Å². The summed E-state index contributed by atoms with van der Waals surface area (Å²) in [6.07, 6.45) is -8.49. The molecule has 0 bridgehead atoms. The number of hydrogen-bond donors (Lipinski definition) is 5. The fourth-order valence-electron chi connectivity index (χ4n) is 1.46. The Bertz CT molecular complexity index is 170. The third kappa shape index (κ3) is 2.45. The van der Waals surface area contributed by atoms with Crippen molar-refractivity contribution in [1.82, 2.24) is 0 Å². The van der Waals surface area contributed by atoms with E-state index in [4.69, 9.17) is 14.6 Å². The molecule has 7 nitrogen and oxygen atoms in total. The summed E-state index contributed by atoms with van der Waals surface area (Å²) in [5, 5.41) is 46.6. The molecular weight excluding hydrogens is 208 g/mol. The van der Waals surface area contributed by atoms with E-state index < -0.39 is 43.4 Å². The Labute approximate surface area is 86.5 Å². The molecule has 7 heteroatoms. The van der Waals surface area contributed by atoms with Gasteiger partial charge in [0.1, 0.15) is 30.5 Å².